The lowest BCUT2D eigenvalue weighted by Gasteiger charge is -2.20. The van der Waals surface area contributed by atoms with E-state index in [4.69, 9.17) is 14.6 Å². The average Bonchev–Trinajstić information content (AvgIpc) is 2.78. The normalized spacial score (nSPS) is 29.2. The van der Waals surface area contributed by atoms with Gasteiger partial charge in [0.25, 0.3) is 0 Å². The van der Waals surface area contributed by atoms with Crippen molar-refractivity contribution in [2.75, 3.05) is 19.8 Å². The van der Waals surface area contributed by atoms with Gasteiger partial charge in [-0.2, -0.15) is 0 Å². The van der Waals surface area contributed by atoms with Crippen LogP contribution in [-0.2, 0) is 9.47 Å². The Morgan fingerprint density at radius 3 is 2.84 bits per heavy atom. The molecule has 1 aliphatic heterocycles. The number of hydrogen-bond acceptors (Lipinski definition) is 5. The minimum atomic E-state index is -1.05. The fraction of sp³-hybridized carbons (Fsp3) is 0.857. The summed E-state index contributed by atoms with van der Waals surface area (Å²) in [6.07, 6.45) is 5.35. The zero-order chi connectivity index (χ0) is 14.1. The fourth-order valence-corrected chi connectivity index (χ4v) is 2.09. The van der Waals surface area contributed by atoms with Crippen LogP contribution < -0.4 is 0 Å². The van der Waals surface area contributed by atoms with Gasteiger partial charge in [0.2, 0.25) is 0 Å². The first kappa shape index (κ1) is 16.6. The molecule has 1 rings (SSSR count). The van der Waals surface area contributed by atoms with Gasteiger partial charge < -0.3 is 24.8 Å². The molecule has 1 saturated heterocycles. The highest BCUT2D eigenvalue weighted by atomic mass is 16.6. The lowest BCUT2D eigenvalue weighted by atomic mass is 10.1. The molecule has 0 aromatic rings. The van der Waals surface area contributed by atoms with E-state index >= 15 is 0 Å². The molecule has 0 aromatic heterocycles. The summed E-state index contributed by atoms with van der Waals surface area (Å²) >= 11 is 0. The molecule has 0 spiro atoms. The molecule has 0 amide bonds. The van der Waals surface area contributed by atoms with Crippen molar-refractivity contribution in [3.63, 3.8) is 0 Å². The van der Waals surface area contributed by atoms with Crippen molar-refractivity contribution in [3.05, 3.63) is 12.2 Å². The van der Waals surface area contributed by atoms with Crippen molar-refractivity contribution in [3.8, 4) is 0 Å². The van der Waals surface area contributed by atoms with E-state index in [1.807, 2.05) is 0 Å². The number of allylic oxidation sites excluding steroid dienone is 2. The van der Waals surface area contributed by atoms with Gasteiger partial charge in [0.1, 0.15) is 24.4 Å². The molecule has 1 aliphatic rings. The van der Waals surface area contributed by atoms with Crippen LogP contribution in [0.1, 0.15) is 32.6 Å². The SMILES string of the molecule is CC/C=C/CCCCO[C@H]1CO[C@H]([C@H](O)CO)[C@@H]1O. The van der Waals surface area contributed by atoms with Gasteiger partial charge in [0.15, 0.2) is 0 Å². The van der Waals surface area contributed by atoms with Gasteiger partial charge in [-0.1, -0.05) is 19.1 Å². The number of ether oxygens (including phenoxy) is 2. The molecule has 4 atom stereocenters. The molecule has 0 bridgehead atoms. The molecular formula is C14H26O5. The van der Waals surface area contributed by atoms with E-state index in [9.17, 15) is 10.2 Å². The van der Waals surface area contributed by atoms with Crippen LogP contribution in [0, 0.1) is 0 Å². The quantitative estimate of drug-likeness (QED) is 0.424. The van der Waals surface area contributed by atoms with Gasteiger partial charge in [-0.05, 0) is 25.7 Å². The zero-order valence-corrected chi connectivity index (χ0v) is 11.6. The fourth-order valence-electron chi connectivity index (χ4n) is 2.09. The monoisotopic (exact) mass is 274 g/mol. The predicted molar refractivity (Wildman–Crippen MR) is 71.9 cm³/mol. The topological polar surface area (TPSA) is 79.2 Å². The number of unbranched alkanes of at least 4 members (excludes halogenated alkanes) is 2. The van der Waals surface area contributed by atoms with Gasteiger partial charge in [0.05, 0.1) is 13.2 Å². The first-order valence-corrected chi connectivity index (χ1v) is 7.05. The third-order valence-corrected chi connectivity index (χ3v) is 3.24. The minimum Gasteiger partial charge on any atom is -0.394 e. The average molecular weight is 274 g/mol. The summed E-state index contributed by atoms with van der Waals surface area (Å²) in [5.74, 6) is 0. The van der Waals surface area contributed by atoms with E-state index in [0.29, 0.717) is 6.61 Å². The molecule has 0 unspecified atom stereocenters. The lowest BCUT2D eigenvalue weighted by molar-refractivity contribution is -0.0730. The Morgan fingerprint density at radius 2 is 2.16 bits per heavy atom. The minimum absolute atomic E-state index is 0.263. The maximum Gasteiger partial charge on any atom is 0.114 e. The van der Waals surface area contributed by atoms with Crippen molar-refractivity contribution >= 4 is 0 Å². The smallest absolute Gasteiger partial charge is 0.114 e. The van der Waals surface area contributed by atoms with Crippen LogP contribution >= 0.6 is 0 Å². The van der Waals surface area contributed by atoms with E-state index < -0.39 is 31.0 Å². The molecule has 5 nitrogen and oxygen atoms in total. The summed E-state index contributed by atoms with van der Waals surface area (Å²) < 4.78 is 10.8. The van der Waals surface area contributed by atoms with E-state index in [1.54, 1.807) is 0 Å². The maximum absolute atomic E-state index is 9.89. The van der Waals surface area contributed by atoms with Gasteiger partial charge in [-0.15, -0.1) is 0 Å². The third-order valence-electron chi connectivity index (χ3n) is 3.24. The highest BCUT2D eigenvalue weighted by molar-refractivity contribution is 4.88. The summed E-state index contributed by atoms with van der Waals surface area (Å²) in [4.78, 5) is 0. The molecule has 0 aliphatic carbocycles. The summed E-state index contributed by atoms with van der Waals surface area (Å²) in [6.45, 7) is 2.53. The van der Waals surface area contributed by atoms with Crippen molar-refractivity contribution in [2.45, 2.75) is 57.0 Å². The van der Waals surface area contributed by atoms with Crippen molar-refractivity contribution in [2.24, 2.45) is 0 Å². The largest absolute Gasteiger partial charge is 0.394 e. The van der Waals surface area contributed by atoms with Crippen LogP contribution in [0.25, 0.3) is 0 Å². The maximum atomic E-state index is 9.89. The molecule has 0 aromatic carbocycles. The standard InChI is InChI=1S/C14H26O5/c1-2-3-4-5-6-7-8-18-12-10-19-14(13(12)17)11(16)9-15/h3-4,11-17H,2,5-10H2,1H3/b4-3+/t11-,12+,13-,14-/m1/s1. The summed E-state index contributed by atoms with van der Waals surface area (Å²) in [7, 11) is 0. The first-order valence-electron chi connectivity index (χ1n) is 7.05. The van der Waals surface area contributed by atoms with E-state index in [1.165, 1.54) is 0 Å². The Labute approximate surface area is 114 Å². The molecule has 3 N–H and O–H groups in total. The molecular weight excluding hydrogens is 248 g/mol. The van der Waals surface area contributed by atoms with Crippen LogP contribution in [0.15, 0.2) is 12.2 Å². The van der Waals surface area contributed by atoms with E-state index in [-0.39, 0.29) is 6.61 Å². The van der Waals surface area contributed by atoms with Crippen LogP contribution in [0.2, 0.25) is 0 Å². The molecule has 0 radical (unpaired) electrons. The zero-order valence-electron chi connectivity index (χ0n) is 11.6. The van der Waals surface area contributed by atoms with Gasteiger partial charge >= 0.3 is 0 Å². The lowest BCUT2D eigenvalue weighted by Crippen LogP contribution is -2.41. The molecule has 5 heteroatoms. The molecule has 1 heterocycles. The van der Waals surface area contributed by atoms with E-state index in [2.05, 4.69) is 19.1 Å². The Hall–Kier alpha value is -0.460. The van der Waals surface area contributed by atoms with Crippen molar-refractivity contribution in [1.82, 2.24) is 0 Å². The second-order valence-electron chi connectivity index (χ2n) is 4.82. The molecule has 112 valence electrons. The van der Waals surface area contributed by atoms with Crippen LogP contribution in [0.4, 0.5) is 0 Å². The summed E-state index contributed by atoms with van der Waals surface area (Å²) in [5.41, 5.74) is 0. The predicted octanol–water partition coefficient (Wildman–Crippen LogP) is 0.621. The Kier molecular flexibility index (Phi) is 8.25. The second-order valence-corrected chi connectivity index (χ2v) is 4.82. The Morgan fingerprint density at radius 1 is 1.37 bits per heavy atom. The van der Waals surface area contributed by atoms with Crippen LogP contribution in [-0.4, -0.2) is 59.6 Å². The number of rotatable bonds is 9. The Bertz CT molecular complexity index is 256. The van der Waals surface area contributed by atoms with Gasteiger partial charge in [-0.25, -0.2) is 0 Å². The first-order chi connectivity index (χ1) is 9.20. The summed E-state index contributed by atoms with van der Waals surface area (Å²) in [6, 6.07) is 0. The van der Waals surface area contributed by atoms with Crippen molar-refractivity contribution < 1.29 is 24.8 Å². The number of aliphatic hydroxyl groups excluding tert-OH is 3. The molecule has 1 fully saturated rings. The molecule has 19 heavy (non-hydrogen) atoms. The third kappa shape index (κ3) is 5.58. The van der Waals surface area contributed by atoms with Gasteiger partial charge in [0, 0.05) is 6.61 Å². The van der Waals surface area contributed by atoms with Crippen LogP contribution in [0.3, 0.4) is 0 Å². The van der Waals surface area contributed by atoms with Crippen LogP contribution in [0.5, 0.6) is 0 Å². The Balaban J connectivity index is 2.12. The number of hydrogen-bond donors (Lipinski definition) is 3. The highest BCUT2D eigenvalue weighted by Crippen LogP contribution is 2.20. The van der Waals surface area contributed by atoms with Gasteiger partial charge in [-0.3, -0.25) is 0 Å². The molecule has 0 saturated carbocycles. The number of aliphatic hydroxyl groups is 3. The van der Waals surface area contributed by atoms with Crippen molar-refractivity contribution in [1.29, 1.82) is 0 Å². The summed E-state index contributed by atoms with van der Waals surface area (Å²) in [5, 5.41) is 28.2. The second kappa shape index (κ2) is 9.44. The highest BCUT2D eigenvalue weighted by Gasteiger charge is 2.40. The van der Waals surface area contributed by atoms with E-state index in [0.717, 1.165) is 25.7 Å².